The lowest BCUT2D eigenvalue weighted by atomic mass is 10.1. The van der Waals surface area contributed by atoms with Crippen molar-refractivity contribution in [3.05, 3.63) is 59.8 Å². The van der Waals surface area contributed by atoms with Crippen molar-refractivity contribution in [2.24, 2.45) is 0 Å². The lowest BCUT2D eigenvalue weighted by molar-refractivity contribution is 0.0525. The van der Waals surface area contributed by atoms with Gasteiger partial charge in [0, 0.05) is 30.7 Å². The topological polar surface area (TPSA) is 103 Å². The average Bonchev–Trinajstić information content (AvgIpc) is 3.20. The molecule has 1 heterocycles. The van der Waals surface area contributed by atoms with Gasteiger partial charge in [-0.3, -0.25) is 5.10 Å². The molecule has 0 spiro atoms. The molecule has 1 aromatic heterocycles. The first-order valence-electron chi connectivity index (χ1n) is 10.4. The van der Waals surface area contributed by atoms with Gasteiger partial charge in [0.15, 0.2) is 5.11 Å². The Morgan fingerprint density at radius 3 is 2.59 bits per heavy atom. The van der Waals surface area contributed by atoms with Gasteiger partial charge < -0.3 is 25.4 Å². The molecule has 2 aromatic carbocycles. The predicted octanol–water partition coefficient (Wildman–Crippen LogP) is 3.78. The van der Waals surface area contributed by atoms with Gasteiger partial charge in [0.1, 0.15) is 5.60 Å². The molecular formula is C23H29N5O3S. The fourth-order valence-electron chi connectivity index (χ4n) is 3.05. The van der Waals surface area contributed by atoms with Crippen LogP contribution in [0.4, 0.5) is 10.5 Å². The highest BCUT2D eigenvalue weighted by Crippen LogP contribution is 2.18. The number of ether oxygens (including phenoxy) is 1. The van der Waals surface area contributed by atoms with Crippen molar-refractivity contribution < 1.29 is 14.6 Å². The minimum absolute atomic E-state index is 0.000258. The Hall–Kier alpha value is -3.17. The zero-order chi connectivity index (χ0) is 23.1. The number of alkyl carbamates (subject to hydrolysis) is 1. The highest BCUT2D eigenvalue weighted by molar-refractivity contribution is 7.80. The molecule has 0 aliphatic rings. The third-order valence-corrected chi connectivity index (χ3v) is 4.97. The van der Waals surface area contributed by atoms with Crippen molar-refractivity contribution in [2.45, 2.75) is 39.5 Å². The fraction of sp³-hybridized carbons (Fsp3) is 0.348. The normalized spacial score (nSPS) is 11.2. The van der Waals surface area contributed by atoms with Crippen LogP contribution in [-0.4, -0.2) is 50.1 Å². The molecule has 0 atom stereocenters. The molecule has 32 heavy (non-hydrogen) atoms. The summed E-state index contributed by atoms with van der Waals surface area (Å²) in [6, 6.07) is 13.5. The minimum Gasteiger partial charge on any atom is -0.444 e. The van der Waals surface area contributed by atoms with E-state index in [1.165, 1.54) is 0 Å². The first-order valence-corrected chi connectivity index (χ1v) is 10.8. The van der Waals surface area contributed by atoms with Crippen LogP contribution in [0.3, 0.4) is 0 Å². The van der Waals surface area contributed by atoms with E-state index in [1.54, 1.807) is 6.20 Å². The molecule has 0 saturated heterocycles. The maximum atomic E-state index is 12.0. The summed E-state index contributed by atoms with van der Waals surface area (Å²) in [5, 5.41) is 23.8. The van der Waals surface area contributed by atoms with Crippen LogP contribution in [0.1, 0.15) is 31.9 Å². The first-order chi connectivity index (χ1) is 15.2. The number of rotatable bonds is 7. The lowest BCUT2D eigenvalue weighted by Crippen LogP contribution is -2.41. The molecule has 3 rings (SSSR count). The van der Waals surface area contributed by atoms with E-state index in [-0.39, 0.29) is 6.61 Å². The number of thiocarbonyl (C=S) groups is 1. The van der Waals surface area contributed by atoms with E-state index in [9.17, 15) is 9.90 Å². The highest BCUT2D eigenvalue weighted by atomic mass is 32.1. The largest absolute Gasteiger partial charge is 0.444 e. The third kappa shape index (κ3) is 6.93. The maximum Gasteiger partial charge on any atom is 0.407 e. The Labute approximate surface area is 193 Å². The third-order valence-electron chi connectivity index (χ3n) is 4.61. The summed E-state index contributed by atoms with van der Waals surface area (Å²) >= 11 is 5.68. The van der Waals surface area contributed by atoms with E-state index in [4.69, 9.17) is 17.0 Å². The quantitative estimate of drug-likeness (QED) is 0.402. The van der Waals surface area contributed by atoms with Crippen molar-refractivity contribution in [2.75, 3.05) is 18.4 Å². The van der Waals surface area contributed by atoms with Crippen molar-refractivity contribution in [1.29, 1.82) is 0 Å². The Morgan fingerprint density at radius 1 is 1.19 bits per heavy atom. The van der Waals surface area contributed by atoms with Crippen LogP contribution < -0.4 is 10.6 Å². The van der Waals surface area contributed by atoms with Gasteiger partial charge in [0.25, 0.3) is 0 Å². The van der Waals surface area contributed by atoms with E-state index in [0.717, 1.165) is 27.7 Å². The number of hydrogen-bond acceptors (Lipinski definition) is 5. The lowest BCUT2D eigenvalue weighted by Gasteiger charge is -2.27. The number of hydrogen-bond donors (Lipinski definition) is 4. The molecule has 0 aliphatic carbocycles. The summed E-state index contributed by atoms with van der Waals surface area (Å²) in [4.78, 5) is 14.0. The molecule has 0 saturated carbocycles. The number of nitrogens with one attached hydrogen (secondary N) is 3. The van der Waals surface area contributed by atoms with Crippen LogP contribution in [0.5, 0.6) is 0 Å². The number of anilines is 1. The van der Waals surface area contributed by atoms with Gasteiger partial charge in [-0.2, -0.15) is 5.10 Å². The number of carbonyl (C=O) groups is 1. The number of fused-ring (bicyclic) bond motifs is 1. The Balaban J connectivity index is 1.67. The molecule has 1 amide bonds. The van der Waals surface area contributed by atoms with E-state index < -0.39 is 11.7 Å². The molecule has 4 N–H and O–H groups in total. The van der Waals surface area contributed by atoms with Gasteiger partial charge in [0.05, 0.1) is 18.3 Å². The number of H-pyrrole nitrogens is 1. The molecule has 3 aromatic rings. The van der Waals surface area contributed by atoms with Crippen LogP contribution in [0, 0.1) is 0 Å². The molecule has 8 nitrogen and oxygen atoms in total. The van der Waals surface area contributed by atoms with Crippen LogP contribution in [-0.2, 0) is 17.9 Å². The fourth-order valence-corrected chi connectivity index (χ4v) is 3.33. The number of benzene rings is 2. The van der Waals surface area contributed by atoms with Crippen molar-refractivity contribution in [3.63, 3.8) is 0 Å². The average molecular weight is 456 g/mol. The number of amides is 1. The Bertz CT molecular complexity index is 1060. The standard InChI is InChI=1S/C23H29N5O3S/c1-23(2,3)31-22(30)24-10-11-28(14-16-4-6-17(15-29)7-5-16)21(32)26-19-8-9-20-18(12-19)13-25-27-20/h4-9,12-13,29H,10-11,14-15H2,1-3H3,(H,24,30)(H,25,27)(H,26,32). The van der Waals surface area contributed by atoms with Gasteiger partial charge >= 0.3 is 6.09 Å². The molecule has 0 fully saturated rings. The number of nitrogens with zero attached hydrogens (tertiary/aromatic N) is 2. The Kier molecular flexibility index (Phi) is 7.66. The van der Waals surface area contributed by atoms with Gasteiger partial charge in [-0.15, -0.1) is 0 Å². The van der Waals surface area contributed by atoms with Gasteiger partial charge in [0.2, 0.25) is 0 Å². The zero-order valence-electron chi connectivity index (χ0n) is 18.5. The molecular weight excluding hydrogens is 426 g/mol. The van der Waals surface area contributed by atoms with Crippen molar-refractivity contribution in [1.82, 2.24) is 20.4 Å². The maximum absolute atomic E-state index is 12.0. The van der Waals surface area contributed by atoms with Gasteiger partial charge in [-0.25, -0.2) is 4.79 Å². The van der Waals surface area contributed by atoms with Crippen molar-refractivity contribution >= 4 is 40.0 Å². The van der Waals surface area contributed by atoms with Crippen LogP contribution in [0.15, 0.2) is 48.7 Å². The smallest absolute Gasteiger partial charge is 0.407 e. The molecule has 9 heteroatoms. The van der Waals surface area contributed by atoms with E-state index in [1.807, 2.05) is 68.1 Å². The second kappa shape index (κ2) is 10.4. The number of aliphatic hydroxyl groups is 1. The second-order valence-electron chi connectivity index (χ2n) is 8.43. The second-order valence-corrected chi connectivity index (χ2v) is 8.81. The number of aromatic nitrogens is 2. The van der Waals surface area contributed by atoms with E-state index in [0.29, 0.717) is 24.7 Å². The van der Waals surface area contributed by atoms with Crippen molar-refractivity contribution in [3.8, 4) is 0 Å². The molecule has 0 aliphatic heterocycles. The van der Waals surface area contributed by atoms with Crippen LogP contribution >= 0.6 is 12.2 Å². The number of aliphatic hydroxyl groups excluding tert-OH is 1. The highest BCUT2D eigenvalue weighted by Gasteiger charge is 2.17. The summed E-state index contributed by atoms with van der Waals surface area (Å²) in [6.07, 6.45) is 1.29. The number of carbonyl (C=O) groups excluding carboxylic acids is 1. The Morgan fingerprint density at radius 2 is 1.91 bits per heavy atom. The summed E-state index contributed by atoms with van der Waals surface area (Å²) in [7, 11) is 0. The summed E-state index contributed by atoms with van der Waals surface area (Å²) < 4.78 is 5.30. The van der Waals surface area contributed by atoms with E-state index >= 15 is 0 Å². The van der Waals surface area contributed by atoms with Crippen LogP contribution in [0.25, 0.3) is 10.9 Å². The summed E-state index contributed by atoms with van der Waals surface area (Å²) in [5.74, 6) is 0. The zero-order valence-corrected chi connectivity index (χ0v) is 19.3. The molecule has 170 valence electrons. The van der Waals surface area contributed by atoms with Gasteiger partial charge in [-0.05, 0) is 62.3 Å². The van der Waals surface area contributed by atoms with Gasteiger partial charge in [-0.1, -0.05) is 24.3 Å². The number of aromatic amines is 1. The minimum atomic E-state index is -0.555. The van der Waals surface area contributed by atoms with E-state index in [2.05, 4.69) is 20.8 Å². The molecule has 0 radical (unpaired) electrons. The summed E-state index contributed by atoms with van der Waals surface area (Å²) in [5.41, 5.74) is 3.13. The monoisotopic (exact) mass is 455 g/mol. The molecule has 0 bridgehead atoms. The summed E-state index contributed by atoms with van der Waals surface area (Å²) in [6.45, 7) is 6.87. The first kappa shape index (κ1) is 23.5. The predicted molar refractivity (Wildman–Crippen MR) is 129 cm³/mol. The molecule has 0 unspecified atom stereocenters. The SMILES string of the molecule is CC(C)(C)OC(=O)NCCN(Cc1ccc(CO)cc1)C(=S)Nc1ccc2[nH]ncc2c1. The van der Waals surface area contributed by atoms with Crippen LogP contribution in [0.2, 0.25) is 0 Å².